The van der Waals surface area contributed by atoms with Crippen LogP contribution in [0.5, 0.6) is 0 Å². The summed E-state index contributed by atoms with van der Waals surface area (Å²) >= 11 is 0. The van der Waals surface area contributed by atoms with E-state index in [1.54, 1.807) is 0 Å². The van der Waals surface area contributed by atoms with Gasteiger partial charge >= 0.3 is 0 Å². The third-order valence-electron chi connectivity index (χ3n) is 11.0. The van der Waals surface area contributed by atoms with Crippen molar-refractivity contribution >= 4 is 49.2 Å². The first-order valence-electron chi connectivity index (χ1n) is 18.6. The van der Waals surface area contributed by atoms with Gasteiger partial charge in [0, 0.05) is 0 Å². The quantitative estimate of drug-likeness (QED) is 0.153. The van der Waals surface area contributed by atoms with Crippen LogP contribution in [0, 0.1) is 0 Å². The fraction of sp³-hybridized carbons (Fsp3) is 0. The molecule has 0 saturated heterocycles. The number of benzene rings is 10. The molecule has 0 fully saturated rings. The summed E-state index contributed by atoms with van der Waals surface area (Å²) in [5, 5.41) is 10.0. The fourth-order valence-electron chi connectivity index (χ4n) is 8.61. The molecule has 0 radical (unpaired) electrons. The smallest absolute Gasteiger partial charge is 0.00139 e. The van der Waals surface area contributed by atoms with Crippen LogP contribution >= 0.6 is 0 Å². The zero-order valence-corrected chi connectivity index (χ0v) is 29.8. The van der Waals surface area contributed by atoms with Crippen molar-refractivity contribution in [2.24, 2.45) is 0 Å². The van der Waals surface area contributed by atoms with Gasteiger partial charge in [-0.05, 0) is 104 Å². The molecule has 54 heavy (non-hydrogen) atoms. The fourth-order valence-corrected chi connectivity index (χ4v) is 8.61. The first-order valence-corrected chi connectivity index (χ1v) is 18.6. The van der Waals surface area contributed by atoms with Crippen molar-refractivity contribution in [3.8, 4) is 55.6 Å². The van der Waals surface area contributed by atoms with Crippen LogP contribution in [0.1, 0.15) is 5.56 Å². The molecule has 10 aromatic rings. The van der Waals surface area contributed by atoms with Gasteiger partial charge in [-0.25, -0.2) is 0 Å². The minimum atomic E-state index is 1.13. The first-order chi connectivity index (χ1) is 26.8. The van der Waals surface area contributed by atoms with Gasteiger partial charge in [0.15, 0.2) is 0 Å². The summed E-state index contributed by atoms with van der Waals surface area (Å²) in [4.78, 5) is 0. The van der Waals surface area contributed by atoms with E-state index in [4.69, 9.17) is 0 Å². The maximum atomic E-state index is 3.91. The van der Waals surface area contributed by atoms with Crippen molar-refractivity contribution in [1.29, 1.82) is 0 Å². The Morgan fingerprint density at radius 2 is 0.574 bits per heavy atom. The molecule has 0 aromatic heterocycles. The number of hydrogen-bond acceptors (Lipinski definition) is 0. The van der Waals surface area contributed by atoms with Crippen molar-refractivity contribution in [3.05, 3.63) is 212 Å². The van der Waals surface area contributed by atoms with Gasteiger partial charge in [0.05, 0.1) is 0 Å². The van der Waals surface area contributed by atoms with Crippen LogP contribution in [0.2, 0.25) is 0 Å². The average molecular weight is 685 g/mol. The summed E-state index contributed by atoms with van der Waals surface area (Å²) in [7, 11) is 0. The molecule has 0 nitrogen and oxygen atoms in total. The van der Waals surface area contributed by atoms with Crippen LogP contribution in [0.3, 0.4) is 0 Å². The molecule has 10 rings (SSSR count). The Balaban J connectivity index is 1.26. The van der Waals surface area contributed by atoms with Crippen LogP contribution in [0.25, 0.3) is 105 Å². The van der Waals surface area contributed by atoms with Crippen LogP contribution < -0.4 is 0 Å². The highest BCUT2D eigenvalue weighted by Crippen LogP contribution is 2.51. The highest BCUT2D eigenvalue weighted by Gasteiger charge is 2.23. The molecule has 0 amide bonds. The van der Waals surface area contributed by atoms with Crippen LogP contribution in [-0.4, -0.2) is 0 Å². The third-order valence-corrected chi connectivity index (χ3v) is 11.0. The van der Waals surface area contributed by atoms with Gasteiger partial charge in [-0.2, -0.15) is 0 Å². The lowest BCUT2D eigenvalue weighted by Crippen LogP contribution is -1.95. The van der Waals surface area contributed by atoms with E-state index in [1.165, 1.54) is 98.7 Å². The second-order valence-electron chi connectivity index (χ2n) is 14.0. The van der Waals surface area contributed by atoms with Crippen LogP contribution in [0.4, 0.5) is 0 Å². The summed E-state index contributed by atoms with van der Waals surface area (Å²) in [6, 6.07) is 73.3. The largest absolute Gasteiger partial charge is 0.0985 e. The van der Waals surface area contributed by atoms with Gasteiger partial charge < -0.3 is 0 Å². The maximum absolute atomic E-state index is 3.91. The Kier molecular flexibility index (Phi) is 7.74. The molecule has 0 N–H and O–H groups in total. The highest BCUT2D eigenvalue weighted by atomic mass is 14.3. The van der Waals surface area contributed by atoms with Gasteiger partial charge in [0.2, 0.25) is 0 Å². The molecule has 0 aliphatic heterocycles. The second kappa shape index (κ2) is 13.2. The molecule has 0 heterocycles. The molecule has 0 aliphatic carbocycles. The van der Waals surface area contributed by atoms with E-state index >= 15 is 0 Å². The predicted octanol–water partition coefficient (Wildman–Crippen LogP) is 15.3. The number of hydrogen-bond donors (Lipinski definition) is 0. The molecular formula is C54H36. The van der Waals surface area contributed by atoms with E-state index in [-0.39, 0.29) is 0 Å². The summed E-state index contributed by atoms with van der Waals surface area (Å²) in [6.07, 6.45) is 1.89. The Morgan fingerprint density at radius 3 is 1.02 bits per heavy atom. The Bertz CT molecular complexity index is 2910. The van der Waals surface area contributed by atoms with E-state index in [0.29, 0.717) is 0 Å². The van der Waals surface area contributed by atoms with Gasteiger partial charge in [-0.1, -0.05) is 213 Å². The molecule has 10 aromatic carbocycles. The van der Waals surface area contributed by atoms with E-state index in [0.717, 1.165) is 5.56 Å². The SMILES string of the molecule is C=Cc1ccc(-c2ccc(-c3c4ccccc4c(-c4c5ccccc5c(-c5ccccc5-c5ccccc5)c5ccccc45)c4ccccc34)cc2)cc1. The molecule has 0 bridgehead atoms. The predicted molar refractivity (Wildman–Crippen MR) is 234 cm³/mol. The topological polar surface area (TPSA) is 0 Å². The summed E-state index contributed by atoms with van der Waals surface area (Å²) in [6.45, 7) is 3.91. The van der Waals surface area contributed by atoms with Gasteiger partial charge in [-0.3, -0.25) is 0 Å². The van der Waals surface area contributed by atoms with E-state index in [9.17, 15) is 0 Å². The molecular weight excluding hydrogens is 649 g/mol. The number of rotatable bonds is 6. The van der Waals surface area contributed by atoms with E-state index in [2.05, 4.69) is 207 Å². The summed E-state index contributed by atoms with van der Waals surface area (Å²) in [5.74, 6) is 0. The van der Waals surface area contributed by atoms with Crippen LogP contribution in [-0.2, 0) is 0 Å². The van der Waals surface area contributed by atoms with E-state index < -0.39 is 0 Å². The zero-order chi connectivity index (χ0) is 36.0. The standard InChI is InChI=1S/C54H36/c1-2-36-28-30-37(31-29-36)38-32-34-40(35-33-38)51-43-20-8-12-24-47(43)53(48-25-13-9-21-44(48)51)54-49-26-14-10-22-45(49)52(46-23-11-15-27-50(46)54)42-19-7-6-18-41(42)39-16-4-3-5-17-39/h2-35H,1H2. The highest BCUT2D eigenvalue weighted by molar-refractivity contribution is 6.30. The Morgan fingerprint density at radius 1 is 0.241 bits per heavy atom. The van der Waals surface area contributed by atoms with Crippen molar-refractivity contribution in [2.75, 3.05) is 0 Å². The molecule has 0 saturated carbocycles. The van der Waals surface area contributed by atoms with Crippen LogP contribution in [0.15, 0.2) is 207 Å². The summed E-state index contributed by atoms with van der Waals surface area (Å²) < 4.78 is 0. The van der Waals surface area contributed by atoms with Crippen molar-refractivity contribution in [1.82, 2.24) is 0 Å². The molecule has 0 spiro atoms. The molecule has 0 heteroatoms. The Hall–Kier alpha value is -7.02. The van der Waals surface area contributed by atoms with Crippen molar-refractivity contribution in [3.63, 3.8) is 0 Å². The maximum Gasteiger partial charge on any atom is -0.00139 e. The Labute approximate surface area is 315 Å². The average Bonchev–Trinajstić information content (AvgIpc) is 3.25. The molecule has 0 unspecified atom stereocenters. The zero-order valence-electron chi connectivity index (χ0n) is 29.8. The van der Waals surface area contributed by atoms with Gasteiger partial charge in [0.1, 0.15) is 0 Å². The third kappa shape index (κ3) is 5.15. The lowest BCUT2D eigenvalue weighted by atomic mass is 9.80. The van der Waals surface area contributed by atoms with E-state index in [1.807, 2.05) is 6.08 Å². The van der Waals surface area contributed by atoms with Gasteiger partial charge in [-0.15, -0.1) is 0 Å². The lowest BCUT2D eigenvalue weighted by Gasteiger charge is -2.23. The normalized spacial score (nSPS) is 11.4. The van der Waals surface area contributed by atoms with Gasteiger partial charge in [0.25, 0.3) is 0 Å². The van der Waals surface area contributed by atoms with Crippen molar-refractivity contribution in [2.45, 2.75) is 0 Å². The minimum absolute atomic E-state index is 1.13. The molecule has 0 aliphatic rings. The summed E-state index contributed by atoms with van der Waals surface area (Å²) in [5.41, 5.74) is 13.5. The lowest BCUT2D eigenvalue weighted by molar-refractivity contribution is 1.60. The number of fused-ring (bicyclic) bond motifs is 4. The van der Waals surface area contributed by atoms with Crippen molar-refractivity contribution < 1.29 is 0 Å². The molecule has 0 atom stereocenters. The molecule has 252 valence electrons. The second-order valence-corrected chi connectivity index (χ2v) is 14.0. The first kappa shape index (κ1) is 31.7. The monoisotopic (exact) mass is 684 g/mol. The minimum Gasteiger partial charge on any atom is -0.0985 e.